The standard InChI is InChI=1S/C14H8F2N2O6/c15-10-1-8(2-11(16)5-10)7-24-14(19)9-3-12(17(20)21)6-13(4-9)18(22)23/h1-6H,7H2. The summed E-state index contributed by atoms with van der Waals surface area (Å²) in [7, 11) is 0. The predicted molar refractivity (Wildman–Crippen MR) is 75.2 cm³/mol. The van der Waals surface area contributed by atoms with Gasteiger partial charge in [0.1, 0.15) is 18.2 Å². The Balaban J connectivity index is 2.22. The Morgan fingerprint density at radius 1 is 0.917 bits per heavy atom. The fourth-order valence-electron chi connectivity index (χ4n) is 1.85. The van der Waals surface area contributed by atoms with Crippen LogP contribution in [0.3, 0.4) is 0 Å². The van der Waals surface area contributed by atoms with Crippen LogP contribution in [0.1, 0.15) is 15.9 Å². The van der Waals surface area contributed by atoms with Crippen LogP contribution in [0.25, 0.3) is 0 Å². The van der Waals surface area contributed by atoms with Crippen LogP contribution in [-0.4, -0.2) is 15.8 Å². The maximum Gasteiger partial charge on any atom is 0.338 e. The zero-order chi connectivity index (χ0) is 17.9. The average molecular weight is 338 g/mol. The zero-order valence-corrected chi connectivity index (χ0v) is 11.8. The molecule has 0 amide bonds. The molecule has 0 bridgehead atoms. The first-order chi connectivity index (χ1) is 11.3. The van der Waals surface area contributed by atoms with Gasteiger partial charge in [-0.1, -0.05) is 0 Å². The number of ether oxygens (including phenoxy) is 1. The summed E-state index contributed by atoms with van der Waals surface area (Å²) in [5.74, 6) is -2.84. The van der Waals surface area contributed by atoms with Gasteiger partial charge in [0.05, 0.1) is 21.5 Å². The molecule has 0 saturated carbocycles. The number of hydrogen-bond acceptors (Lipinski definition) is 6. The van der Waals surface area contributed by atoms with E-state index in [1.807, 2.05) is 0 Å². The third-order valence-electron chi connectivity index (χ3n) is 2.85. The number of nitrogens with zero attached hydrogens (tertiary/aromatic N) is 2. The number of benzene rings is 2. The monoisotopic (exact) mass is 338 g/mol. The molecule has 2 aromatic rings. The molecule has 0 aromatic heterocycles. The molecule has 0 aliphatic carbocycles. The summed E-state index contributed by atoms with van der Waals surface area (Å²) in [6.45, 7) is -0.510. The number of non-ortho nitro benzene ring substituents is 2. The number of carbonyl (C=O) groups excluding carboxylic acids is 1. The van der Waals surface area contributed by atoms with E-state index in [-0.39, 0.29) is 5.56 Å². The van der Waals surface area contributed by atoms with Crippen LogP contribution in [-0.2, 0) is 11.3 Å². The molecule has 0 saturated heterocycles. The van der Waals surface area contributed by atoms with Crippen LogP contribution in [0.2, 0.25) is 0 Å². The molecule has 124 valence electrons. The van der Waals surface area contributed by atoms with Crippen molar-refractivity contribution in [3.05, 3.63) is 79.4 Å². The average Bonchev–Trinajstić information content (AvgIpc) is 2.51. The fourth-order valence-corrected chi connectivity index (χ4v) is 1.85. The van der Waals surface area contributed by atoms with Crippen LogP contribution >= 0.6 is 0 Å². The van der Waals surface area contributed by atoms with E-state index < -0.39 is 51.0 Å². The van der Waals surface area contributed by atoms with Crippen LogP contribution in [0, 0.1) is 31.9 Å². The number of halogens is 2. The fraction of sp³-hybridized carbons (Fsp3) is 0.0714. The molecule has 0 atom stereocenters. The highest BCUT2D eigenvalue weighted by molar-refractivity contribution is 5.91. The Labute approximate surface area is 132 Å². The molecule has 8 nitrogen and oxygen atoms in total. The SMILES string of the molecule is O=C(OCc1cc(F)cc(F)c1)c1cc([N+](=O)[O-])cc([N+](=O)[O-])c1. The van der Waals surface area contributed by atoms with Crippen molar-refractivity contribution in [2.24, 2.45) is 0 Å². The van der Waals surface area contributed by atoms with E-state index >= 15 is 0 Å². The number of carbonyl (C=O) groups is 1. The topological polar surface area (TPSA) is 113 Å². The quantitative estimate of drug-likeness (QED) is 0.470. The zero-order valence-electron chi connectivity index (χ0n) is 11.8. The first kappa shape index (κ1) is 16.9. The van der Waals surface area contributed by atoms with Crippen LogP contribution in [0.15, 0.2) is 36.4 Å². The third-order valence-corrected chi connectivity index (χ3v) is 2.85. The van der Waals surface area contributed by atoms with Gasteiger partial charge in [0.25, 0.3) is 11.4 Å². The Bertz CT molecular complexity index is 788. The minimum absolute atomic E-state index is 0.0146. The van der Waals surface area contributed by atoms with E-state index in [2.05, 4.69) is 0 Å². The lowest BCUT2D eigenvalue weighted by atomic mass is 10.1. The highest BCUT2D eigenvalue weighted by atomic mass is 19.1. The summed E-state index contributed by atoms with van der Waals surface area (Å²) in [5.41, 5.74) is -1.73. The highest BCUT2D eigenvalue weighted by Gasteiger charge is 2.20. The molecule has 0 aliphatic heterocycles. The predicted octanol–water partition coefficient (Wildman–Crippen LogP) is 3.14. The second kappa shape index (κ2) is 6.77. The van der Waals surface area contributed by atoms with Crippen molar-refractivity contribution in [2.45, 2.75) is 6.61 Å². The van der Waals surface area contributed by atoms with Gasteiger partial charge in [-0.05, 0) is 17.7 Å². The van der Waals surface area contributed by atoms with Crippen LogP contribution in [0.4, 0.5) is 20.2 Å². The number of esters is 1. The van der Waals surface area contributed by atoms with Gasteiger partial charge in [-0.3, -0.25) is 20.2 Å². The second-order valence-corrected chi connectivity index (χ2v) is 4.61. The van der Waals surface area contributed by atoms with Gasteiger partial charge in [-0.25, -0.2) is 13.6 Å². The summed E-state index contributed by atoms with van der Waals surface area (Å²) in [6.07, 6.45) is 0. The van der Waals surface area contributed by atoms with E-state index in [0.717, 1.165) is 24.3 Å². The summed E-state index contributed by atoms with van der Waals surface area (Å²) < 4.78 is 30.8. The number of hydrogen-bond donors (Lipinski definition) is 0. The minimum atomic E-state index is -1.11. The van der Waals surface area contributed by atoms with Crippen molar-refractivity contribution in [3.63, 3.8) is 0 Å². The lowest BCUT2D eigenvalue weighted by molar-refractivity contribution is -0.394. The minimum Gasteiger partial charge on any atom is -0.457 e. The molecule has 2 rings (SSSR count). The van der Waals surface area contributed by atoms with Crippen molar-refractivity contribution in [1.82, 2.24) is 0 Å². The van der Waals surface area contributed by atoms with Gasteiger partial charge in [-0.15, -0.1) is 0 Å². The lowest BCUT2D eigenvalue weighted by Crippen LogP contribution is -2.07. The van der Waals surface area contributed by atoms with Gasteiger partial charge in [0.15, 0.2) is 0 Å². The molecule has 0 aliphatic rings. The van der Waals surface area contributed by atoms with E-state index in [0.29, 0.717) is 12.1 Å². The smallest absolute Gasteiger partial charge is 0.338 e. The molecular formula is C14H8F2N2O6. The maximum absolute atomic E-state index is 13.0. The molecule has 10 heteroatoms. The Kier molecular flexibility index (Phi) is 4.78. The number of nitro benzene ring substituents is 2. The van der Waals surface area contributed by atoms with E-state index in [1.165, 1.54) is 0 Å². The van der Waals surface area contributed by atoms with Gasteiger partial charge in [0, 0.05) is 18.2 Å². The van der Waals surface area contributed by atoms with Crippen molar-refractivity contribution >= 4 is 17.3 Å². The largest absolute Gasteiger partial charge is 0.457 e. The van der Waals surface area contributed by atoms with Gasteiger partial charge in [-0.2, -0.15) is 0 Å². The molecular weight excluding hydrogens is 330 g/mol. The number of rotatable bonds is 5. The van der Waals surface area contributed by atoms with Crippen LogP contribution < -0.4 is 0 Å². The summed E-state index contributed by atoms with van der Waals surface area (Å²) in [5, 5.41) is 21.5. The normalized spacial score (nSPS) is 10.2. The van der Waals surface area contributed by atoms with E-state index in [4.69, 9.17) is 4.74 Å². The molecule has 2 aromatic carbocycles. The molecule has 24 heavy (non-hydrogen) atoms. The van der Waals surface area contributed by atoms with Gasteiger partial charge >= 0.3 is 5.97 Å². The molecule has 0 heterocycles. The summed E-state index contributed by atoms with van der Waals surface area (Å²) in [6, 6.07) is 4.81. The summed E-state index contributed by atoms with van der Waals surface area (Å²) >= 11 is 0. The maximum atomic E-state index is 13.0. The van der Waals surface area contributed by atoms with Crippen molar-refractivity contribution < 1.29 is 28.2 Å². The molecule has 0 unspecified atom stereocenters. The molecule has 0 radical (unpaired) electrons. The van der Waals surface area contributed by atoms with Crippen molar-refractivity contribution in [2.75, 3.05) is 0 Å². The van der Waals surface area contributed by atoms with Crippen LogP contribution in [0.5, 0.6) is 0 Å². The first-order valence-corrected chi connectivity index (χ1v) is 6.32. The van der Waals surface area contributed by atoms with E-state index in [9.17, 15) is 33.8 Å². The van der Waals surface area contributed by atoms with E-state index in [1.54, 1.807) is 0 Å². The molecule has 0 N–H and O–H groups in total. The highest BCUT2D eigenvalue weighted by Crippen LogP contribution is 2.23. The Morgan fingerprint density at radius 2 is 1.42 bits per heavy atom. The molecule has 0 spiro atoms. The second-order valence-electron chi connectivity index (χ2n) is 4.61. The first-order valence-electron chi connectivity index (χ1n) is 6.32. The van der Waals surface area contributed by atoms with Gasteiger partial charge in [0.2, 0.25) is 0 Å². The lowest BCUT2D eigenvalue weighted by Gasteiger charge is -2.06. The Hall–Kier alpha value is -3.43. The van der Waals surface area contributed by atoms with Crippen molar-refractivity contribution in [1.29, 1.82) is 0 Å². The Morgan fingerprint density at radius 3 is 1.88 bits per heavy atom. The van der Waals surface area contributed by atoms with Gasteiger partial charge < -0.3 is 4.74 Å². The number of nitro groups is 2. The van der Waals surface area contributed by atoms with Crippen molar-refractivity contribution in [3.8, 4) is 0 Å². The summed E-state index contributed by atoms with van der Waals surface area (Å²) in [4.78, 5) is 31.6. The molecule has 0 fully saturated rings. The third kappa shape index (κ3) is 4.06.